The highest BCUT2D eigenvalue weighted by Gasteiger charge is 2.18. The fraction of sp³-hybridized carbons (Fsp3) is 0.500. The van der Waals surface area contributed by atoms with Crippen LogP contribution in [0.15, 0.2) is 11.3 Å². The zero-order valence-corrected chi connectivity index (χ0v) is 9.42. The van der Waals surface area contributed by atoms with Gasteiger partial charge in [-0.2, -0.15) is 0 Å². The third kappa shape index (κ3) is 3.78. The van der Waals surface area contributed by atoms with Crippen LogP contribution in [-0.2, 0) is 9.53 Å². The third-order valence-corrected chi connectivity index (χ3v) is 2.51. The van der Waals surface area contributed by atoms with Gasteiger partial charge in [0.2, 0.25) is 0 Å². The predicted molar refractivity (Wildman–Crippen MR) is 58.1 cm³/mol. The minimum atomic E-state index is -0.568. The lowest BCUT2D eigenvalue weighted by molar-refractivity contribution is -0.138. The normalized spacial score (nSPS) is 11.9. The van der Waals surface area contributed by atoms with Crippen LogP contribution in [0, 0.1) is 0 Å². The molecule has 0 fully saturated rings. The third-order valence-electron chi connectivity index (χ3n) is 1.23. The van der Waals surface area contributed by atoms with E-state index in [1.165, 1.54) is 18.7 Å². The molecule has 0 aliphatic rings. The molecular formula is C8H12O3S2. The highest BCUT2D eigenvalue weighted by molar-refractivity contribution is 8.23. The van der Waals surface area contributed by atoms with Crippen molar-refractivity contribution in [2.75, 3.05) is 12.9 Å². The van der Waals surface area contributed by atoms with Crippen LogP contribution in [0.3, 0.4) is 0 Å². The van der Waals surface area contributed by atoms with E-state index in [2.05, 4.69) is 0 Å². The summed E-state index contributed by atoms with van der Waals surface area (Å²) >= 11 is 6.12. The summed E-state index contributed by atoms with van der Waals surface area (Å²) in [4.78, 5) is 11.2. The molecule has 0 amide bonds. The van der Waals surface area contributed by atoms with Crippen molar-refractivity contribution in [3.63, 3.8) is 0 Å². The van der Waals surface area contributed by atoms with Crippen molar-refractivity contribution >= 4 is 34.1 Å². The van der Waals surface area contributed by atoms with Crippen LogP contribution in [0.1, 0.15) is 13.8 Å². The first-order chi connectivity index (χ1) is 6.04. The molecule has 0 bridgehead atoms. The molecule has 0 aromatic rings. The first-order valence-electron chi connectivity index (χ1n) is 3.69. The molecule has 0 heterocycles. The van der Waals surface area contributed by atoms with Crippen molar-refractivity contribution in [1.82, 2.24) is 0 Å². The fourth-order valence-corrected chi connectivity index (χ4v) is 1.35. The Morgan fingerprint density at radius 1 is 1.62 bits per heavy atom. The summed E-state index contributed by atoms with van der Waals surface area (Å²) < 4.78 is 5.08. The number of aliphatic hydroxyl groups excluding tert-OH is 1. The summed E-state index contributed by atoms with van der Waals surface area (Å²) in [5.41, 5.74) is 0.0874. The molecule has 74 valence electrons. The van der Waals surface area contributed by atoms with E-state index < -0.39 is 5.97 Å². The van der Waals surface area contributed by atoms with E-state index in [1.54, 1.807) is 13.2 Å². The van der Waals surface area contributed by atoms with Gasteiger partial charge >= 0.3 is 5.97 Å². The lowest BCUT2D eigenvalue weighted by Gasteiger charge is -2.06. The van der Waals surface area contributed by atoms with Crippen molar-refractivity contribution in [2.24, 2.45) is 0 Å². The van der Waals surface area contributed by atoms with Gasteiger partial charge in [0, 0.05) is 0 Å². The smallest absolute Gasteiger partial charge is 0.343 e. The molecule has 3 nitrogen and oxygen atoms in total. The Bertz CT molecular complexity index is 242. The first-order valence-corrected chi connectivity index (χ1v) is 5.33. The second-order valence-corrected chi connectivity index (χ2v) is 3.66. The zero-order valence-electron chi connectivity index (χ0n) is 7.79. The topological polar surface area (TPSA) is 46.5 Å². The van der Waals surface area contributed by atoms with Crippen LogP contribution in [0.2, 0.25) is 0 Å². The second kappa shape index (κ2) is 5.99. The van der Waals surface area contributed by atoms with Gasteiger partial charge in [-0.05, 0) is 20.1 Å². The van der Waals surface area contributed by atoms with Crippen molar-refractivity contribution in [3.05, 3.63) is 11.3 Å². The molecule has 0 aromatic carbocycles. The van der Waals surface area contributed by atoms with Gasteiger partial charge in [-0.1, -0.05) is 12.2 Å². The maximum absolute atomic E-state index is 11.2. The van der Waals surface area contributed by atoms with Crippen LogP contribution in [0.25, 0.3) is 0 Å². The summed E-state index contributed by atoms with van der Waals surface area (Å²) in [6.45, 7) is 3.38. The lowest BCUT2D eigenvalue weighted by atomic mass is 10.3. The number of allylic oxidation sites excluding steroid dienone is 1. The Hall–Kier alpha value is -0.550. The summed E-state index contributed by atoms with van der Waals surface area (Å²) in [5.74, 6) is -0.667. The van der Waals surface area contributed by atoms with Crippen molar-refractivity contribution in [1.29, 1.82) is 0 Å². The van der Waals surface area contributed by atoms with Gasteiger partial charge < -0.3 is 9.84 Å². The number of carbonyl (C=O) groups is 1. The standard InChI is InChI=1S/C8H12O3S2/c1-4-11-7(10)6(5(2)9)8(12)13-3/h9H,4H2,1-3H3/b6-5+. The average molecular weight is 220 g/mol. The Balaban J connectivity index is 4.75. The Labute approximate surface area is 87.2 Å². The van der Waals surface area contributed by atoms with E-state index in [4.69, 9.17) is 17.0 Å². The Morgan fingerprint density at radius 3 is 2.46 bits per heavy atom. The lowest BCUT2D eigenvalue weighted by Crippen LogP contribution is -2.14. The molecule has 5 heteroatoms. The summed E-state index contributed by atoms with van der Waals surface area (Å²) in [6.07, 6.45) is 1.74. The van der Waals surface area contributed by atoms with Crippen molar-refractivity contribution in [3.8, 4) is 0 Å². The van der Waals surface area contributed by atoms with Gasteiger partial charge in [0.1, 0.15) is 11.3 Å². The molecule has 0 aromatic heterocycles. The van der Waals surface area contributed by atoms with Gasteiger partial charge in [-0.25, -0.2) is 4.79 Å². The maximum atomic E-state index is 11.2. The number of ether oxygens (including phenoxy) is 1. The molecule has 0 atom stereocenters. The second-order valence-electron chi connectivity index (χ2n) is 2.17. The summed E-state index contributed by atoms with van der Waals surface area (Å²) in [7, 11) is 0. The highest BCUT2D eigenvalue weighted by atomic mass is 32.2. The van der Waals surface area contributed by atoms with E-state index in [1.807, 2.05) is 0 Å². The monoisotopic (exact) mass is 220 g/mol. The Morgan fingerprint density at radius 2 is 2.15 bits per heavy atom. The minimum Gasteiger partial charge on any atom is -0.512 e. The molecule has 0 saturated heterocycles. The molecule has 1 N–H and O–H groups in total. The van der Waals surface area contributed by atoms with E-state index in [0.717, 1.165) is 0 Å². The van der Waals surface area contributed by atoms with Crippen LogP contribution < -0.4 is 0 Å². The predicted octanol–water partition coefficient (Wildman–Crippen LogP) is 2.07. The average Bonchev–Trinajstić information content (AvgIpc) is 2.04. The van der Waals surface area contributed by atoms with E-state index >= 15 is 0 Å². The van der Waals surface area contributed by atoms with Gasteiger partial charge in [0.25, 0.3) is 0 Å². The molecule has 0 unspecified atom stereocenters. The first kappa shape index (κ1) is 12.4. The molecule has 0 saturated carbocycles. The SMILES string of the molecule is CCOC(=O)/C(C(=S)SC)=C(/C)O. The van der Waals surface area contributed by atoms with Gasteiger partial charge in [0.05, 0.1) is 10.8 Å². The van der Waals surface area contributed by atoms with Gasteiger partial charge in [0.15, 0.2) is 0 Å². The van der Waals surface area contributed by atoms with Crippen LogP contribution in [0.5, 0.6) is 0 Å². The quantitative estimate of drug-likeness (QED) is 0.341. The number of carbonyl (C=O) groups excluding carboxylic acids is 1. The fourth-order valence-electron chi connectivity index (χ4n) is 0.684. The number of rotatable bonds is 3. The van der Waals surface area contributed by atoms with Crippen molar-refractivity contribution in [2.45, 2.75) is 13.8 Å². The summed E-state index contributed by atoms with van der Waals surface area (Å²) in [5, 5.41) is 9.19. The molecule has 0 radical (unpaired) electrons. The molecule has 13 heavy (non-hydrogen) atoms. The number of hydrogen-bond acceptors (Lipinski definition) is 5. The summed E-state index contributed by atoms with van der Waals surface area (Å²) in [6, 6.07) is 0. The van der Waals surface area contributed by atoms with E-state index in [0.29, 0.717) is 4.20 Å². The minimum absolute atomic E-state index is 0.0874. The molecule has 0 aliphatic heterocycles. The molecule has 0 aliphatic carbocycles. The van der Waals surface area contributed by atoms with E-state index in [9.17, 15) is 9.90 Å². The zero-order chi connectivity index (χ0) is 10.4. The number of thioether (sulfide) groups is 1. The van der Waals surface area contributed by atoms with Crippen molar-refractivity contribution < 1.29 is 14.6 Å². The number of hydrogen-bond donors (Lipinski definition) is 1. The maximum Gasteiger partial charge on any atom is 0.343 e. The largest absolute Gasteiger partial charge is 0.512 e. The highest BCUT2D eigenvalue weighted by Crippen LogP contribution is 2.14. The van der Waals surface area contributed by atoms with Crippen LogP contribution >= 0.6 is 24.0 Å². The van der Waals surface area contributed by atoms with Gasteiger partial charge in [-0.3, -0.25) is 0 Å². The number of aliphatic hydroxyl groups is 1. The molecule has 0 spiro atoms. The van der Waals surface area contributed by atoms with Gasteiger partial charge in [-0.15, -0.1) is 11.8 Å². The van der Waals surface area contributed by atoms with E-state index in [-0.39, 0.29) is 17.9 Å². The van der Waals surface area contributed by atoms with Crippen LogP contribution in [0.4, 0.5) is 0 Å². The Kier molecular flexibility index (Phi) is 5.73. The number of esters is 1. The molecule has 0 rings (SSSR count). The number of thiocarbonyl (C=S) groups is 1. The van der Waals surface area contributed by atoms with Crippen LogP contribution in [-0.4, -0.2) is 28.1 Å². The molecular weight excluding hydrogens is 208 g/mol.